The number of benzene rings is 2. The molecule has 0 N–H and O–H groups in total. The number of amides is 1. The number of carbonyl (C=O) groups is 1. The Kier molecular flexibility index (Phi) is 6.90. The fraction of sp³-hybridized carbons (Fsp3) is 0.273. The summed E-state index contributed by atoms with van der Waals surface area (Å²) in [6.07, 6.45) is 7.39. The number of hydrogen-bond donors (Lipinski definition) is 0. The second kappa shape index (κ2) is 9.78. The number of nitrogens with zero attached hydrogens (tertiary/aromatic N) is 4. The van der Waals surface area contributed by atoms with Gasteiger partial charge in [-0.2, -0.15) is 0 Å². The van der Waals surface area contributed by atoms with Crippen molar-refractivity contribution in [2.45, 2.75) is 32.7 Å². The van der Waals surface area contributed by atoms with Crippen molar-refractivity contribution in [3.05, 3.63) is 88.2 Å². The first-order chi connectivity index (χ1) is 14.5. The molecule has 0 saturated heterocycles. The summed E-state index contributed by atoms with van der Waals surface area (Å²) in [4.78, 5) is 29.9. The first-order valence-corrected chi connectivity index (χ1v) is 9.80. The van der Waals surface area contributed by atoms with Crippen molar-refractivity contribution in [1.82, 2.24) is 14.5 Å². The Balaban J connectivity index is 1.89. The van der Waals surface area contributed by atoms with Crippen LogP contribution in [0.25, 0.3) is 5.69 Å². The molecule has 0 aliphatic carbocycles. The number of nitro benzene ring substituents is 1. The van der Waals surface area contributed by atoms with E-state index in [1.165, 1.54) is 35.3 Å². The number of halogens is 1. The lowest BCUT2D eigenvalue weighted by Crippen LogP contribution is -2.31. The minimum atomic E-state index is -0.506. The van der Waals surface area contributed by atoms with Gasteiger partial charge >= 0.3 is 0 Å². The van der Waals surface area contributed by atoms with Crippen LogP contribution in [0.15, 0.2) is 61.2 Å². The Hall–Kier alpha value is -3.55. The molecule has 1 heterocycles. The van der Waals surface area contributed by atoms with E-state index in [1.54, 1.807) is 35.4 Å². The smallest absolute Gasteiger partial charge is 0.294 e. The highest BCUT2D eigenvalue weighted by molar-refractivity contribution is 5.95. The molecule has 0 fully saturated rings. The lowest BCUT2D eigenvalue weighted by Gasteiger charge is -2.23. The fourth-order valence-corrected chi connectivity index (χ4v) is 3.22. The lowest BCUT2D eigenvalue weighted by molar-refractivity contribution is -0.384. The zero-order valence-electron chi connectivity index (χ0n) is 16.7. The highest BCUT2D eigenvalue weighted by atomic mass is 19.1. The molecule has 3 rings (SSSR count). The highest BCUT2D eigenvalue weighted by Gasteiger charge is 2.22. The molecular formula is C22H23FN4O3. The van der Waals surface area contributed by atoms with Gasteiger partial charge in [-0.1, -0.05) is 31.9 Å². The quantitative estimate of drug-likeness (QED) is 0.290. The van der Waals surface area contributed by atoms with Crippen molar-refractivity contribution in [1.29, 1.82) is 0 Å². The van der Waals surface area contributed by atoms with E-state index < -0.39 is 4.92 Å². The summed E-state index contributed by atoms with van der Waals surface area (Å²) in [6, 6.07) is 10.4. The van der Waals surface area contributed by atoms with Gasteiger partial charge in [-0.15, -0.1) is 0 Å². The third-order valence-corrected chi connectivity index (χ3v) is 4.81. The molecule has 8 heteroatoms. The number of aromatic nitrogens is 2. The zero-order chi connectivity index (χ0) is 21.5. The molecule has 30 heavy (non-hydrogen) atoms. The van der Waals surface area contributed by atoms with E-state index in [0.717, 1.165) is 24.8 Å². The summed E-state index contributed by atoms with van der Waals surface area (Å²) < 4.78 is 14.8. The molecule has 156 valence electrons. The predicted molar refractivity (Wildman–Crippen MR) is 111 cm³/mol. The summed E-state index contributed by atoms with van der Waals surface area (Å²) in [7, 11) is 0. The number of rotatable bonds is 9. The molecule has 3 aromatic rings. The van der Waals surface area contributed by atoms with E-state index in [9.17, 15) is 19.3 Å². The molecule has 0 aliphatic rings. The van der Waals surface area contributed by atoms with Crippen molar-refractivity contribution < 1.29 is 14.1 Å². The first kappa shape index (κ1) is 21.2. The van der Waals surface area contributed by atoms with Crippen LogP contribution in [0.4, 0.5) is 10.1 Å². The van der Waals surface area contributed by atoms with Gasteiger partial charge in [0.15, 0.2) is 0 Å². The van der Waals surface area contributed by atoms with Gasteiger partial charge in [0.05, 0.1) is 11.3 Å². The predicted octanol–water partition coefficient (Wildman–Crippen LogP) is 4.75. The van der Waals surface area contributed by atoms with Gasteiger partial charge < -0.3 is 9.47 Å². The maximum absolute atomic E-state index is 13.2. The van der Waals surface area contributed by atoms with E-state index >= 15 is 0 Å². The van der Waals surface area contributed by atoms with Crippen LogP contribution in [0.5, 0.6) is 0 Å². The second-order valence-electron chi connectivity index (χ2n) is 6.99. The average Bonchev–Trinajstić information content (AvgIpc) is 3.28. The van der Waals surface area contributed by atoms with Crippen LogP contribution in [-0.2, 0) is 6.54 Å². The fourth-order valence-electron chi connectivity index (χ4n) is 3.22. The van der Waals surface area contributed by atoms with Crippen molar-refractivity contribution in [2.75, 3.05) is 6.54 Å². The average molecular weight is 410 g/mol. The van der Waals surface area contributed by atoms with Crippen molar-refractivity contribution in [2.24, 2.45) is 0 Å². The Bertz CT molecular complexity index is 1000. The number of carbonyl (C=O) groups excluding carboxylic acids is 1. The molecule has 7 nitrogen and oxygen atoms in total. The summed E-state index contributed by atoms with van der Waals surface area (Å²) in [5.41, 5.74) is 1.20. The number of imidazole rings is 1. The summed E-state index contributed by atoms with van der Waals surface area (Å²) in [6.45, 7) is 2.89. The Labute approximate surface area is 173 Å². The van der Waals surface area contributed by atoms with Crippen molar-refractivity contribution in [3.8, 4) is 5.69 Å². The van der Waals surface area contributed by atoms with Gasteiger partial charge in [-0.25, -0.2) is 9.37 Å². The van der Waals surface area contributed by atoms with E-state index in [4.69, 9.17) is 0 Å². The maximum Gasteiger partial charge on any atom is 0.294 e. The van der Waals surface area contributed by atoms with E-state index in [1.807, 2.05) is 0 Å². The molecule has 0 spiro atoms. The van der Waals surface area contributed by atoms with Gasteiger partial charge in [0.2, 0.25) is 0 Å². The summed E-state index contributed by atoms with van der Waals surface area (Å²) in [5.74, 6) is -0.635. The maximum atomic E-state index is 13.2. The topological polar surface area (TPSA) is 81.3 Å². The molecule has 0 bridgehead atoms. The van der Waals surface area contributed by atoms with Crippen LogP contribution in [0.3, 0.4) is 0 Å². The summed E-state index contributed by atoms with van der Waals surface area (Å²) >= 11 is 0. The number of unbranched alkanes of at least 4 members (excludes halogenated alkanes) is 2. The first-order valence-electron chi connectivity index (χ1n) is 9.80. The highest BCUT2D eigenvalue weighted by Crippen LogP contribution is 2.25. The molecule has 1 amide bonds. The SMILES string of the molecule is CCCCCN(Cc1ccc(F)cc1)C(=O)c1ccc(-n2ccnc2)c([N+](=O)[O-])c1. The molecule has 1 aromatic heterocycles. The molecule has 0 unspecified atom stereocenters. The van der Waals surface area contributed by atoms with Crippen LogP contribution >= 0.6 is 0 Å². The van der Waals surface area contributed by atoms with Crippen LogP contribution < -0.4 is 0 Å². The zero-order valence-corrected chi connectivity index (χ0v) is 16.7. The second-order valence-corrected chi connectivity index (χ2v) is 6.99. The van der Waals surface area contributed by atoms with Crippen LogP contribution in [0.2, 0.25) is 0 Å². The largest absolute Gasteiger partial charge is 0.334 e. The molecule has 2 aromatic carbocycles. The van der Waals surface area contributed by atoms with Gasteiger partial charge in [0.1, 0.15) is 11.5 Å². The van der Waals surface area contributed by atoms with Gasteiger partial charge in [0, 0.05) is 37.1 Å². The van der Waals surface area contributed by atoms with Gasteiger partial charge in [-0.3, -0.25) is 14.9 Å². The Morgan fingerprint density at radius 2 is 1.97 bits per heavy atom. The Morgan fingerprint density at radius 3 is 2.60 bits per heavy atom. The molecule has 0 saturated carbocycles. The minimum absolute atomic E-state index is 0.172. The molecule has 0 aliphatic heterocycles. The summed E-state index contributed by atoms with van der Waals surface area (Å²) in [5, 5.41) is 11.6. The van der Waals surface area contributed by atoms with Crippen molar-refractivity contribution >= 4 is 11.6 Å². The van der Waals surface area contributed by atoms with Crippen LogP contribution in [0, 0.1) is 15.9 Å². The number of hydrogen-bond acceptors (Lipinski definition) is 4. The molecule has 0 atom stereocenters. The van der Waals surface area contributed by atoms with Crippen LogP contribution in [-0.4, -0.2) is 31.8 Å². The third-order valence-electron chi connectivity index (χ3n) is 4.81. The number of nitro groups is 1. The van der Waals surface area contributed by atoms with E-state index in [-0.39, 0.29) is 23.0 Å². The van der Waals surface area contributed by atoms with Crippen molar-refractivity contribution in [3.63, 3.8) is 0 Å². The monoisotopic (exact) mass is 410 g/mol. The molecular weight excluding hydrogens is 387 g/mol. The van der Waals surface area contributed by atoms with Gasteiger partial charge in [-0.05, 0) is 36.2 Å². The standard InChI is InChI=1S/C22H23FN4O3/c1-2-3-4-12-25(15-17-5-8-19(23)9-6-17)22(28)18-7-10-20(21(14-18)27(29)30)26-13-11-24-16-26/h5-11,13-14,16H,2-4,12,15H2,1H3. The van der Waals surface area contributed by atoms with E-state index in [2.05, 4.69) is 11.9 Å². The third kappa shape index (κ3) is 5.08. The molecule has 0 radical (unpaired) electrons. The minimum Gasteiger partial charge on any atom is -0.334 e. The van der Waals surface area contributed by atoms with Gasteiger partial charge in [0.25, 0.3) is 11.6 Å². The Morgan fingerprint density at radius 1 is 1.20 bits per heavy atom. The lowest BCUT2D eigenvalue weighted by atomic mass is 10.1. The normalized spacial score (nSPS) is 10.7. The van der Waals surface area contributed by atoms with E-state index in [0.29, 0.717) is 18.8 Å². The van der Waals surface area contributed by atoms with Crippen LogP contribution in [0.1, 0.15) is 42.1 Å².